The summed E-state index contributed by atoms with van der Waals surface area (Å²) in [5, 5.41) is 8.41. The van der Waals surface area contributed by atoms with Gasteiger partial charge in [0.1, 0.15) is 0 Å². The topological polar surface area (TPSA) is 54.4 Å². The number of allylic oxidation sites excluding steroid dienone is 2. The van der Waals surface area contributed by atoms with Gasteiger partial charge in [-0.05, 0) is 12.2 Å². The first-order valence-corrected chi connectivity index (χ1v) is 2.83. The first-order valence-electron chi connectivity index (χ1n) is 2.83. The largest absolute Gasteiger partial charge is 0.481 e. The molecule has 0 saturated heterocycles. The number of rotatable bonds is 1. The van der Waals surface area contributed by atoms with Gasteiger partial charge in [-0.2, -0.15) is 0 Å². The molecule has 1 aliphatic carbocycles. The van der Waals surface area contributed by atoms with Crippen LogP contribution in [0.5, 0.6) is 0 Å². The van der Waals surface area contributed by atoms with E-state index in [-0.39, 0.29) is 5.78 Å². The lowest BCUT2D eigenvalue weighted by Gasteiger charge is -2.02. The highest BCUT2D eigenvalue weighted by atomic mass is 16.4. The van der Waals surface area contributed by atoms with E-state index in [9.17, 15) is 9.59 Å². The molecule has 0 spiro atoms. The Balaban J connectivity index is 2.71. The molecule has 0 aromatic carbocycles. The fraction of sp³-hybridized carbons (Fsp3) is 0.143. The maximum Gasteiger partial charge on any atom is 0.314 e. The van der Waals surface area contributed by atoms with Gasteiger partial charge in [0, 0.05) is 0 Å². The summed E-state index contributed by atoms with van der Waals surface area (Å²) < 4.78 is 0. The third kappa shape index (κ3) is 1.31. The van der Waals surface area contributed by atoms with Crippen LogP contribution in [0.15, 0.2) is 24.3 Å². The monoisotopic (exact) mass is 138 g/mol. The highest BCUT2D eigenvalue weighted by molar-refractivity contribution is 6.01. The molecule has 0 aliphatic heterocycles. The van der Waals surface area contributed by atoms with Crippen molar-refractivity contribution in [2.24, 2.45) is 5.92 Å². The summed E-state index contributed by atoms with van der Waals surface area (Å²) in [6, 6.07) is 0. The average Bonchev–Trinajstić information content (AvgIpc) is 1.88. The Morgan fingerprint density at radius 3 is 2.30 bits per heavy atom. The van der Waals surface area contributed by atoms with Gasteiger partial charge in [0.2, 0.25) is 0 Å². The number of carbonyl (C=O) groups excluding carboxylic acids is 1. The molecule has 0 amide bonds. The van der Waals surface area contributed by atoms with Crippen LogP contribution in [0.3, 0.4) is 0 Å². The summed E-state index contributed by atoms with van der Waals surface area (Å²) in [6.07, 6.45) is 5.26. The lowest BCUT2D eigenvalue weighted by Crippen LogP contribution is -2.11. The zero-order valence-corrected chi connectivity index (χ0v) is 5.15. The summed E-state index contributed by atoms with van der Waals surface area (Å²) >= 11 is 0. The smallest absolute Gasteiger partial charge is 0.314 e. The zero-order chi connectivity index (χ0) is 7.56. The molecule has 0 aromatic rings. The number of hydrogen-bond donors (Lipinski definition) is 1. The van der Waals surface area contributed by atoms with E-state index in [1.165, 1.54) is 24.3 Å². The Kier molecular flexibility index (Phi) is 1.67. The van der Waals surface area contributed by atoms with E-state index in [1.807, 2.05) is 0 Å². The van der Waals surface area contributed by atoms with E-state index in [0.29, 0.717) is 0 Å². The summed E-state index contributed by atoms with van der Waals surface area (Å²) in [7, 11) is 0. The van der Waals surface area contributed by atoms with Gasteiger partial charge in [-0.15, -0.1) is 0 Å². The van der Waals surface area contributed by atoms with Gasteiger partial charge in [-0.25, -0.2) is 0 Å². The molecule has 0 unspecified atom stereocenters. The molecule has 1 N–H and O–H groups in total. The minimum Gasteiger partial charge on any atom is -0.481 e. The molecule has 0 atom stereocenters. The normalized spacial score (nSPS) is 17.8. The van der Waals surface area contributed by atoms with E-state index < -0.39 is 11.9 Å². The average molecular weight is 138 g/mol. The molecule has 3 nitrogen and oxygen atoms in total. The number of aliphatic carboxylic acids is 1. The van der Waals surface area contributed by atoms with Crippen molar-refractivity contribution in [3.63, 3.8) is 0 Å². The van der Waals surface area contributed by atoms with Crippen LogP contribution in [-0.2, 0) is 9.59 Å². The first-order chi connectivity index (χ1) is 4.70. The third-order valence-electron chi connectivity index (χ3n) is 1.22. The minimum atomic E-state index is -0.931. The van der Waals surface area contributed by atoms with Crippen LogP contribution in [0.25, 0.3) is 0 Å². The molecular formula is C7H6O3. The van der Waals surface area contributed by atoms with E-state index in [2.05, 4.69) is 0 Å². The summed E-state index contributed by atoms with van der Waals surface area (Å²) in [5.74, 6) is -1.71. The molecule has 0 bridgehead atoms. The van der Waals surface area contributed by atoms with E-state index in [1.54, 1.807) is 0 Å². The number of ketones is 1. The Bertz CT molecular complexity index is 209. The second kappa shape index (κ2) is 2.47. The van der Waals surface area contributed by atoms with E-state index in [0.717, 1.165) is 0 Å². The van der Waals surface area contributed by atoms with Gasteiger partial charge in [0.05, 0.1) is 5.92 Å². The fourth-order valence-corrected chi connectivity index (χ4v) is 0.681. The SMILES string of the molecule is O=C1C=CC(C(=O)O)C=C1. The van der Waals surface area contributed by atoms with Gasteiger partial charge < -0.3 is 5.11 Å². The Labute approximate surface area is 57.7 Å². The van der Waals surface area contributed by atoms with Gasteiger partial charge in [-0.3, -0.25) is 9.59 Å². The standard InChI is InChI=1S/C7H6O3/c8-6-3-1-5(2-4-6)7(9)10/h1-5H,(H,9,10). The Morgan fingerprint density at radius 2 is 1.90 bits per heavy atom. The first kappa shape index (κ1) is 6.74. The van der Waals surface area contributed by atoms with E-state index in [4.69, 9.17) is 5.11 Å². The van der Waals surface area contributed by atoms with Crippen molar-refractivity contribution in [1.82, 2.24) is 0 Å². The van der Waals surface area contributed by atoms with Gasteiger partial charge in [-0.1, -0.05) is 12.2 Å². The van der Waals surface area contributed by atoms with Crippen molar-refractivity contribution in [2.45, 2.75) is 0 Å². The molecule has 52 valence electrons. The molecule has 0 radical (unpaired) electrons. The lowest BCUT2D eigenvalue weighted by atomic mass is 10.0. The van der Waals surface area contributed by atoms with Crippen molar-refractivity contribution < 1.29 is 14.7 Å². The van der Waals surface area contributed by atoms with Crippen LogP contribution in [0.4, 0.5) is 0 Å². The van der Waals surface area contributed by atoms with Gasteiger partial charge in [0.15, 0.2) is 5.78 Å². The van der Waals surface area contributed by atoms with Gasteiger partial charge >= 0.3 is 5.97 Å². The van der Waals surface area contributed by atoms with Crippen LogP contribution in [0.1, 0.15) is 0 Å². The molecule has 1 aliphatic rings. The van der Waals surface area contributed by atoms with Crippen molar-refractivity contribution in [2.75, 3.05) is 0 Å². The third-order valence-corrected chi connectivity index (χ3v) is 1.22. The summed E-state index contributed by atoms with van der Waals surface area (Å²) in [6.45, 7) is 0. The number of carbonyl (C=O) groups is 2. The summed E-state index contributed by atoms with van der Waals surface area (Å²) in [4.78, 5) is 20.7. The molecule has 10 heavy (non-hydrogen) atoms. The van der Waals surface area contributed by atoms with Crippen LogP contribution in [0, 0.1) is 5.92 Å². The maximum absolute atomic E-state index is 10.5. The zero-order valence-electron chi connectivity index (χ0n) is 5.15. The number of carboxylic acids is 1. The second-order valence-electron chi connectivity index (χ2n) is 1.98. The Morgan fingerprint density at radius 1 is 1.40 bits per heavy atom. The van der Waals surface area contributed by atoms with Crippen molar-refractivity contribution >= 4 is 11.8 Å². The number of hydrogen-bond acceptors (Lipinski definition) is 2. The Hall–Kier alpha value is -1.38. The lowest BCUT2D eigenvalue weighted by molar-refractivity contribution is -0.138. The second-order valence-corrected chi connectivity index (χ2v) is 1.98. The van der Waals surface area contributed by atoms with Gasteiger partial charge in [0.25, 0.3) is 0 Å². The molecule has 0 heterocycles. The molecule has 1 rings (SSSR count). The summed E-state index contributed by atoms with van der Waals surface area (Å²) in [5.41, 5.74) is 0. The predicted octanol–water partition coefficient (Wildman–Crippen LogP) is 0.382. The maximum atomic E-state index is 10.5. The molecule has 0 fully saturated rings. The molecule has 3 heteroatoms. The quantitative estimate of drug-likeness (QED) is 0.570. The molecule has 0 aromatic heterocycles. The predicted molar refractivity (Wildman–Crippen MR) is 34.4 cm³/mol. The van der Waals surface area contributed by atoms with Crippen molar-refractivity contribution in [3.05, 3.63) is 24.3 Å². The van der Waals surface area contributed by atoms with Crippen molar-refractivity contribution in [3.8, 4) is 0 Å². The minimum absolute atomic E-state index is 0.155. The number of carboxylic acid groups (broad SMARTS) is 1. The highest BCUT2D eigenvalue weighted by Gasteiger charge is 2.12. The van der Waals surface area contributed by atoms with Crippen molar-refractivity contribution in [1.29, 1.82) is 0 Å². The van der Waals surface area contributed by atoms with Crippen LogP contribution in [0.2, 0.25) is 0 Å². The fourth-order valence-electron chi connectivity index (χ4n) is 0.681. The van der Waals surface area contributed by atoms with Crippen LogP contribution < -0.4 is 0 Å². The highest BCUT2D eigenvalue weighted by Crippen LogP contribution is 2.06. The molecule has 0 saturated carbocycles. The van der Waals surface area contributed by atoms with E-state index >= 15 is 0 Å². The van der Waals surface area contributed by atoms with Crippen LogP contribution >= 0.6 is 0 Å². The molecular weight excluding hydrogens is 132 g/mol. The van der Waals surface area contributed by atoms with Crippen LogP contribution in [-0.4, -0.2) is 16.9 Å².